The van der Waals surface area contributed by atoms with Gasteiger partial charge in [-0.1, -0.05) is 22.9 Å². The van der Waals surface area contributed by atoms with Crippen molar-refractivity contribution in [3.63, 3.8) is 0 Å². The minimum atomic E-state index is 0.128. The first-order valence-corrected chi connectivity index (χ1v) is 7.30. The van der Waals surface area contributed by atoms with Crippen molar-refractivity contribution in [1.82, 2.24) is 4.90 Å². The molecule has 2 heterocycles. The SMILES string of the molecule is CCc1occc1C(=O)N1CCC(CBr)CC1. The first kappa shape index (κ1) is 12.7. The third kappa shape index (κ3) is 2.73. The lowest BCUT2D eigenvalue weighted by Gasteiger charge is -2.31. The van der Waals surface area contributed by atoms with Gasteiger partial charge in [-0.05, 0) is 24.8 Å². The Labute approximate surface area is 110 Å². The Morgan fingerprint density at radius 1 is 1.53 bits per heavy atom. The minimum Gasteiger partial charge on any atom is -0.469 e. The molecule has 1 saturated heterocycles. The van der Waals surface area contributed by atoms with E-state index in [-0.39, 0.29) is 5.91 Å². The van der Waals surface area contributed by atoms with E-state index < -0.39 is 0 Å². The maximum absolute atomic E-state index is 12.3. The molecule has 17 heavy (non-hydrogen) atoms. The number of carbonyl (C=O) groups is 1. The number of hydrogen-bond acceptors (Lipinski definition) is 2. The van der Waals surface area contributed by atoms with Crippen molar-refractivity contribution < 1.29 is 9.21 Å². The summed E-state index contributed by atoms with van der Waals surface area (Å²) in [5.74, 6) is 1.65. The van der Waals surface area contributed by atoms with Gasteiger partial charge < -0.3 is 9.32 Å². The molecular formula is C13H18BrNO2. The third-order valence-electron chi connectivity index (χ3n) is 3.42. The number of likely N-dealkylation sites (tertiary alicyclic amines) is 1. The number of hydrogen-bond donors (Lipinski definition) is 0. The summed E-state index contributed by atoms with van der Waals surface area (Å²) in [6.07, 6.45) is 4.57. The van der Waals surface area contributed by atoms with Crippen LogP contribution in [0, 0.1) is 5.92 Å². The van der Waals surface area contributed by atoms with Crippen LogP contribution in [0.3, 0.4) is 0 Å². The molecule has 0 bridgehead atoms. The Balaban J connectivity index is 2.02. The zero-order valence-corrected chi connectivity index (χ0v) is 11.7. The molecule has 0 aromatic carbocycles. The number of rotatable bonds is 3. The van der Waals surface area contributed by atoms with Crippen molar-refractivity contribution in [2.24, 2.45) is 5.92 Å². The highest BCUT2D eigenvalue weighted by atomic mass is 79.9. The minimum absolute atomic E-state index is 0.128. The maximum Gasteiger partial charge on any atom is 0.257 e. The highest BCUT2D eigenvalue weighted by molar-refractivity contribution is 9.09. The zero-order chi connectivity index (χ0) is 12.3. The summed E-state index contributed by atoms with van der Waals surface area (Å²) in [4.78, 5) is 14.2. The molecule has 1 aromatic heterocycles. The Hall–Kier alpha value is -0.770. The van der Waals surface area contributed by atoms with Gasteiger partial charge in [0.05, 0.1) is 11.8 Å². The van der Waals surface area contributed by atoms with E-state index in [9.17, 15) is 4.79 Å². The topological polar surface area (TPSA) is 33.5 Å². The Bertz CT molecular complexity index is 381. The second-order valence-corrected chi connectivity index (χ2v) is 5.15. The van der Waals surface area contributed by atoms with Crippen LogP contribution in [0.1, 0.15) is 35.9 Å². The quantitative estimate of drug-likeness (QED) is 0.804. The third-order valence-corrected chi connectivity index (χ3v) is 4.33. The second-order valence-electron chi connectivity index (χ2n) is 4.50. The van der Waals surface area contributed by atoms with Crippen LogP contribution in [-0.2, 0) is 6.42 Å². The van der Waals surface area contributed by atoms with Gasteiger partial charge in [0, 0.05) is 24.8 Å². The van der Waals surface area contributed by atoms with E-state index >= 15 is 0 Å². The van der Waals surface area contributed by atoms with Crippen LogP contribution in [0.5, 0.6) is 0 Å². The molecule has 1 aliphatic heterocycles. The molecule has 0 radical (unpaired) electrons. The van der Waals surface area contributed by atoms with Gasteiger partial charge in [-0.15, -0.1) is 0 Å². The lowest BCUT2D eigenvalue weighted by molar-refractivity contribution is 0.0697. The second kappa shape index (κ2) is 5.71. The van der Waals surface area contributed by atoms with E-state index in [0.717, 1.165) is 49.0 Å². The van der Waals surface area contributed by atoms with Crippen LogP contribution in [-0.4, -0.2) is 29.2 Å². The molecule has 1 aliphatic rings. The van der Waals surface area contributed by atoms with Crippen LogP contribution in [0.4, 0.5) is 0 Å². The number of nitrogens with zero attached hydrogens (tertiary/aromatic N) is 1. The van der Waals surface area contributed by atoms with E-state index in [1.54, 1.807) is 12.3 Å². The molecule has 94 valence electrons. The highest BCUT2D eigenvalue weighted by Gasteiger charge is 2.25. The van der Waals surface area contributed by atoms with E-state index in [1.165, 1.54) is 0 Å². The monoisotopic (exact) mass is 299 g/mol. The summed E-state index contributed by atoms with van der Waals surface area (Å²) >= 11 is 3.51. The standard InChI is InChI=1S/C13H18BrNO2/c1-2-12-11(5-8-17-12)13(16)15-6-3-10(9-14)4-7-15/h5,8,10H,2-4,6-7,9H2,1H3. The van der Waals surface area contributed by atoms with Gasteiger partial charge in [-0.3, -0.25) is 4.79 Å². The predicted octanol–water partition coefficient (Wildman–Crippen LogP) is 3.09. The number of furan rings is 1. The Morgan fingerprint density at radius 2 is 2.24 bits per heavy atom. The van der Waals surface area contributed by atoms with Crippen molar-refractivity contribution in [3.8, 4) is 0 Å². The Kier molecular flexibility index (Phi) is 4.26. The number of piperidine rings is 1. The van der Waals surface area contributed by atoms with Crippen LogP contribution >= 0.6 is 15.9 Å². The number of amides is 1. The van der Waals surface area contributed by atoms with Gasteiger partial charge in [-0.25, -0.2) is 0 Å². The number of aryl methyl sites for hydroxylation is 1. The van der Waals surface area contributed by atoms with Crippen LogP contribution < -0.4 is 0 Å². The lowest BCUT2D eigenvalue weighted by Crippen LogP contribution is -2.39. The summed E-state index contributed by atoms with van der Waals surface area (Å²) in [6, 6.07) is 1.79. The van der Waals surface area contributed by atoms with E-state index in [2.05, 4.69) is 15.9 Å². The molecule has 0 aliphatic carbocycles. The highest BCUT2D eigenvalue weighted by Crippen LogP contribution is 2.22. The summed E-state index contributed by atoms with van der Waals surface area (Å²) < 4.78 is 5.31. The first-order chi connectivity index (χ1) is 8.26. The average Bonchev–Trinajstić information content (AvgIpc) is 2.86. The molecule has 0 spiro atoms. The van der Waals surface area contributed by atoms with Crippen molar-refractivity contribution in [2.75, 3.05) is 18.4 Å². The molecule has 1 amide bonds. The van der Waals surface area contributed by atoms with Gasteiger partial charge in [-0.2, -0.15) is 0 Å². The fourth-order valence-corrected chi connectivity index (χ4v) is 2.91. The summed E-state index contributed by atoms with van der Waals surface area (Å²) in [7, 11) is 0. The normalized spacial score (nSPS) is 17.4. The molecule has 1 aromatic rings. The van der Waals surface area contributed by atoms with Crippen molar-refractivity contribution in [1.29, 1.82) is 0 Å². The van der Waals surface area contributed by atoms with Gasteiger partial charge in [0.1, 0.15) is 5.76 Å². The predicted molar refractivity (Wildman–Crippen MR) is 70.5 cm³/mol. The van der Waals surface area contributed by atoms with E-state index in [4.69, 9.17) is 4.42 Å². The van der Waals surface area contributed by atoms with Gasteiger partial charge in [0.2, 0.25) is 0 Å². The summed E-state index contributed by atoms with van der Waals surface area (Å²) in [6.45, 7) is 3.74. The van der Waals surface area contributed by atoms with Gasteiger partial charge in [0.25, 0.3) is 5.91 Å². The first-order valence-electron chi connectivity index (χ1n) is 6.17. The summed E-state index contributed by atoms with van der Waals surface area (Å²) in [5, 5.41) is 1.04. The molecule has 0 unspecified atom stereocenters. The van der Waals surface area contributed by atoms with E-state index in [0.29, 0.717) is 5.92 Å². The van der Waals surface area contributed by atoms with E-state index in [1.807, 2.05) is 11.8 Å². The fraction of sp³-hybridized carbons (Fsp3) is 0.615. The molecule has 1 fully saturated rings. The molecule has 4 heteroatoms. The van der Waals surface area contributed by atoms with Gasteiger partial charge in [0.15, 0.2) is 0 Å². The van der Waals surface area contributed by atoms with Crippen molar-refractivity contribution in [2.45, 2.75) is 26.2 Å². The number of alkyl halides is 1. The average molecular weight is 300 g/mol. The van der Waals surface area contributed by atoms with Gasteiger partial charge >= 0.3 is 0 Å². The molecule has 0 saturated carbocycles. The van der Waals surface area contributed by atoms with Crippen molar-refractivity contribution >= 4 is 21.8 Å². The Morgan fingerprint density at radius 3 is 2.82 bits per heavy atom. The molecular weight excluding hydrogens is 282 g/mol. The lowest BCUT2D eigenvalue weighted by atomic mass is 9.98. The van der Waals surface area contributed by atoms with Crippen LogP contribution in [0.25, 0.3) is 0 Å². The number of halogens is 1. The van der Waals surface area contributed by atoms with Crippen LogP contribution in [0.2, 0.25) is 0 Å². The van der Waals surface area contributed by atoms with Crippen LogP contribution in [0.15, 0.2) is 16.7 Å². The summed E-state index contributed by atoms with van der Waals surface area (Å²) in [5.41, 5.74) is 0.741. The molecule has 2 rings (SSSR count). The number of carbonyl (C=O) groups excluding carboxylic acids is 1. The smallest absolute Gasteiger partial charge is 0.257 e. The molecule has 0 N–H and O–H groups in total. The largest absolute Gasteiger partial charge is 0.469 e. The van der Waals surface area contributed by atoms with Crippen molar-refractivity contribution in [3.05, 3.63) is 23.7 Å². The maximum atomic E-state index is 12.3. The molecule has 0 atom stereocenters. The fourth-order valence-electron chi connectivity index (χ4n) is 2.27. The molecule has 3 nitrogen and oxygen atoms in total. The zero-order valence-electron chi connectivity index (χ0n) is 10.1.